The van der Waals surface area contributed by atoms with Gasteiger partial charge in [0, 0.05) is 17.7 Å². The standard InChI is InChI=1S/C23H27N3O5S/c1-5-20(27)26-23-25-16-10-9-15(13-19(16)32-23)24-22(28)14-11-17(29-6-2)21(31-8-4)18(12-14)30-7-3/h9-13H,5-8H2,1-4H3,(H,24,28)(H,25,26,27). The van der Waals surface area contributed by atoms with Gasteiger partial charge >= 0.3 is 0 Å². The van der Waals surface area contributed by atoms with Crippen molar-refractivity contribution in [3.05, 3.63) is 35.9 Å². The topological polar surface area (TPSA) is 98.8 Å². The lowest BCUT2D eigenvalue weighted by atomic mass is 10.1. The molecule has 0 fully saturated rings. The summed E-state index contributed by atoms with van der Waals surface area (Å²) >= 11 is 1.35. The maximum atomic E-state index is 13.0. The van der Waals surface area contributed by atoms with Crippen LogP contribution in [0.25, 0.3) is 10.2 Å². The van der Waals surface area contributed by atoms with E-state index in [4.69, 9.17) is 14.2 Å². The van der Waals surface area contributed by atoms with Crippen molar-refractivity contribution in [3.63, 3.8) is 0 Å². The maximum Gasteiger partial charge on any atom is 0.255 e. The number of anilines is 2. The highest BCUT2D eigenvalue weighted by Gasteiger charge is 2.19. The largest absolute Gasteiger partial charge is 0.490 e. The minimum absolute atomic E-state index is 0.0942. The Morgan fingerprint density at radius 2 is 1.56 bits per heavy atom. The summed E-state index contributed by atoms with van der Waals surface area (Å²) in [5.74, 6) is 1.00. The zero-order valence-corrected chi connectivity index (χ0v) is 19.4. The molecule has 0 saturated carbocycles. The second-order valence-corrected chi connectivity index (χ2v) is 7.69. The highest BCUT2D eigenvalue weighted by atomic mass is 32.1. The quantitative estimate of drug-likeness (QED) is 0.440. The predicted octanol–water partition coefficient (Wildman–Crippen LogP) is 5.09. The molecule has 0 radical (unpaired) electrons. The van der Waals surface area contributed by atoms with Gasteiger partial charge in [0.25, 0.3) is 5.91 Å². The zero-order chi connectivity index (χ0) is 23.1. The van der Waals surface area contributed by atoms with Crippen LogP contribution in [0.2, 0.25) is 0 Å². The first-order valence-corrected chi connectivity index (χ1v) is 11.4. The molecule has 0 aliphatic heterocycles. The Balaban J connectivity index is 1.86. The molecule has 2 amide bonds. The van der Waals surface area contributed by atoms with Gasteiger partial charge in [-0.1, -0.05) is 18.3 Å². The molecule has 170 valence electrons. The van der Waals surface area contributed by atoms with Gasteiger partial charge in [0.2, 0.25) is 11.7 Å². The lowest BCUT2D eigenvalue weighted by Gasteiger charge is -2.17. The first-order chi connectivity index (χ1) is 15.5. The Bertz CT molecular complexity index is 1090. The average molecular weight is 458 g/mol. The average Bonchev–Trinajstić information content (AvgIpc) is 3.17. The molecular weight excluding hydrogens is 430 g/mol. The number of rotatable bonds is 10. The molecular formula is C23H27N3O5S. The van der Waals surface area contributed by atoms with Crippen molar-refractivity contribution in [2.75, 3.05) is 30.5 Å². The van der Waals surface area contributed by atoms with E-state index < -0.39 is 0 Å². The molecule has 1 aromatic heterocycles. The molecule has 0 saturated heterocycles. The Morgan fingerprint density at radius 1 is 0.906 bits per heavy atom. The van der Waals surface area contributed by atoms with Crippen LogP contribution in [-0.4, -0.2) is 36.6 Å². The summed E-state index contributed by atoms with van der Waals surface area (Å²) in [6.45, 7) is 8.69. The number of hydrogen-bond donors (Lipinski definition) is 2. The van der Waals surface area contributed by atoms with Crippen molar-refractivity contribution in [3.8, 4) is 17.2 Å². The highest BCUT2D eigenvalue weighted by Crippen LogP contribution is 2.39. The lowest BCUT2D eigenvalue weighted by Crippen LogP contribution is -2.13. The van der Waals surface area contributed by atoms with E-state index >= 15 is 0 Å². The van der Waals surface area contributed by atoms with E-state index in [-0.39, 0.29) is 11.8 Å². The molecule has 3 rings (SSSR count). The normalized spacial score (nSPS) is 10.6. The number of amides is 2. The number of ether oxygens (including phenoxy) is 3. The van der Waals surface area contributed by atoms with Crippen molar-refractivity contribution >= 4 is 44.2 Å². The second-order valence-electron chi connectivity index (χ2n) is 6.66. The third-order valence-electron chi connectivity index (χ3n) is 4.39. The molecule has 0 aliphatic rings. The van der Waals surface area contributed by atoms with Crippen molar-refractivity contribution in [1.82, 2.24) is 4.98 Å². The number of nitrogens with zero attached hydrogens (tertiary/aromatic N) is 1. The summed E-state index contributed by atoms with van der Waals surface area (Å²) < 4.78 is 17.9. The molecule has 2 aromatic carbocycles. The molecule has 8 nitrogen and oxygen atoms in total. The van der Waals surface area contributed by atoms with Crippen molar-refractivity contribution in [2.24, 2.45) is 0 Å². The molecule has 3 aromatic rings. The lowest BCUT2D eigenvalue weighted by molar-refractivity contribution is -0.115. The second kappa shape index (κ2) is 10.8. The highest BCUT2D eigenvalue weighted by molar-refractivity contribution is 7.22. The summed E-state index contributed by atoms with van der Waals surface area (Å²) in [6.07, 6.45) is 0.382. The van der Waals surface area contributed by atoms with Crippen molar-refractivity contribution in [2.45, 2.75) is 34.1 Å². The van der Waals surface area contributed by atoms with Crippen LogP contribution in [0.4, 0.5) is 10.8 Å². The van der Waals surface area contributed by atoms with E-state index in [0.717, 1.165) is 10.2 Å². The van der Waals surface area contributed by atoms with E-state index in [0.29, 0.717) is 59.9 Å². The Labute approximate surface area is 190 Å². The number of carbonyl (C=O) groups excluding carboxylic acids is 2. The van der Waals surface area contributed by atoms with Crippen LogP contribution in [0, 0.1) is 0 Å². The third-order valence-corrected chi connectivity index (χ3v) is 5.32. The predicted molar refractivity (Wildman–Crippen MR) is 126 cm³/mol. The fraction of sp³-hybridized carbons (Fsp3) is 0.348. The van der Waals surface area contributed by atoms with Crippen molar-refractivity contribution < 1.29 is 23.8 Å². The first kappa shape index (κ1) is 23.3. The van der Waals surface area contributed by atoms with Crippen LogP contribution in [0.1, 0.15) is 44.5 Å². The summed E-state index contributed by atoms with van der Waals surface area (Å²) in [6, 6.07) is 8.70. The molecule has 2 N–H and O–H groups in total. The van der Waals surface area contributed by atoms with Crippen LogP contribution in [0.3, 0.4) is 0 Å². The number of thiazole rings is 1. The van der Waals surface area contributed by atoms with E-state index in [2.05, 4.69) is 15.6 Å². The van der Waals surface area contributed by atoms with Crippen LogP contribution in [0.5, 0.6) is 17.2 Å². The fourth-order valence-corrected chi connectivity index (χ4v) is 3.91. The van der Waals surface area contributed by atoms with Gasteiger partial charge in [0.05, 0.1) is 30.0 Å². The van der Waals surface area contributed by atoms with Gasteiger partial charge < -0.3 is 24.8 Å². The van der Waals surface area contributed by atoms with Gasteiger partial charge in [0.1, 0.15) is 0 Å². The van der Waals surface area contributed by atoms with E-state index in [9.17, 15) is 9.59 Å². The Hall–Kier alpha value is -3.33. The molecule has 0 spiro atoms. The smallest absolute Gasteiger partial charge is 0.255 e. The van der Waals surface area contributed by atoms with Gasteiger partial charge in [-0.2, -0.15) is 0 Å². The minimum Gasteiger partial charge on any atom is -0.490 e. The zero-order valence-electron chi connectivity index (χ0n) is 18.6. The molecule has 0 bridgehead atoms. The third kappa shape index (κ3) is 5.47. The molecule has 1 heterocycles. The van der Waals surface area contributed by atoms with Crippen molar-refractivity contribution in [1.29, 1.82) is 0 Å². The minimum atomic E-state index is -0.307. The van der Waals surface area contributed by atoms with Gasteiger partial charge in [0.15, 0.2) is 16.6 Å². The summed E-state index contributed by atoms with van der Waals surface area (Å²) in [7, 11) is 0. The Kier molecular flexibility index (Phi) is 7.88. The SMILES string of the molecule is CCOc1cc(C(=O)Nc2ccc3nc(NC(=O)CC)sc3c2)cc(OCC)c1OCC. The van der Waals surface area contributed by atoms with Crippen LogP contribution in [0.15, 0.2) is 30.3 Å². The monoisotopic (exact) mass is 457 g/mol. The number of aromatic nitrogens is 1. The Morgan fingerprint density at radius 3 is 2.16 bits per heavy atom. The van der Waals surface area contributed by atoms with E-state index in [1.54, 1.807) is 31.2 Å². The van der Waals surface area contributed by atoms with Gasteiger partial charge in [-0.25, -0.2) is 4.98 Å². The number of carbonyl (C=O) groups is 2. The number of benzene rings is 2. The molecule has 0 atom stereocenters. The summed E-state index contributed by atoms with van der Waals surface area (Å²) in [5, 5.41) is 6.19. The number of nitrogens with one attached hydrogen (secondary N) is 2. The van der Waals surface area contributed by atoms with Crippen LogP contribution >= 0.6 is 11.3 Å². The summed E-state index contributed by atoms with van der Waals surface area (Å²) in [4.78, 5) is 29.0. The number of hydrogen-bond acceptors (Lipinski definition) is 7. The number of fused-ring (bicyclic) bond motifs is 1. The van der Waals surface area contributed by atoms with Gasteiger partial charge in [-0.05, 0) is 51.1 Å². The molecule has 0 aliphatic carbocycles. The van der Waals surface area contributed by atoms with E-state index in [1.807, 2.05) is 26.8 Å². The molecule has 9 heteroatoms. The van der Waals surface area contributed by atoms with E-state index in [1.165, 1.54) is 11.3 Å². The summed E-state index contributed by atoms with van der Waals surface area (Å²) in [5.41, 5.74) is 1.75. The first-order valence-electron chi connectivity index (χ1n) is 10.6. The molecule has 0 unspecified atom stereocenters. The van der Waals surface area contributed by atoms with Gasteiger partial charge in [-0.15, -0.1) is 0 Å². The maximum absolute atomic E-state index is 13.0. The van der Waals surface area contributed by atoms with Gasteiger partial charge in [-0.3, -0.25) is 9.59 Å². The fourth-order valence-electron chi connectivity index (χ4n) is 2.99. The molecule has 32 heavy (non-hydrogen) atoms. The van der Waals surface area contributed by atoms with Crippen LogP contribution in [-0.2, 0) is 4.79 Å². The van der Waals surface area contributed by atoms with Crippen LogP contribution < -0.4 is 24.8 Å².